The zero-order valence-corrected chi connectivity index (χ0v) is 17.6. The normalized spacial score (nSPS) is 21.0. The molecule has 1 amide bonds. The largest absolute Gasteiger partial charge is 0.497 e. The Bertz CT molecular complexity index is 839. The van der Waals surface area contributed by atoms with Crippen molar-refractivity contribution < 1.29 is 32.2 Å². The summed E-state index contributed by atoms with van der Waals surface area (Å²) in [4.78, 5) is 27.0. The Morgan fingerprint density at radius 3 is 2.14 bits per heavy atom. The molecule has 1 aliphatic carbocycles. The van der Waals surface area contributed by atoms with Crippen LogP contribution in [0.15, 0.2) is 18.2 Å². The Hall–Kier alpha value is -2.29. The SMILES string of the molecule is COc1cc(OC)cc(C(=O)OCC(=O)N(C2CCCC2)[C@@H]2CCS(=O)(=O)C2)c1. The van der Waals surface area contributed by atoms with Gasteiger partial charge in [0.1, 0.15) is 11.5 Å². The van der Waals surface area contributed by atoms with E-state index in [2.05, 4.69) is 0 Å². The first-order chi connectivity index (χ1) is 13.8. The van der Waals surface area contributed by atoms with Crippen LogP contribution in [0.1, 0.15) is 42.5 Å². The molecule has 29 heavy (non-hydrogen) atoms. The minimum absolute atomic E-state index is 0.0106. The summed E-state index contributed by atoms with van der Waals surface area (Å²) in [5.41, 5.74) is 0.213. The van der Waals surface area contributed by atoms with Crippen LogP contribution in [-0.2, 0) is 19.4 Å². The van der Waals surface area contributed by atoms with Crippen molar-refractivity contribution in [1.82, 2.24) is 4.90 Å². The van der Waals surface area contributed by atoms with Gasteiger partial charge in [0.05, 0.1) is 31.3 Å². The lowest BCUT2D eigenvalue weighted by atomic mass is 10.1. The molecule has 0 spiro atoms. The van der Waals surface area contributed by atoms with Gasteiger partial charge in [0, 0.05) is 18.2 Å². The second-order valence-electron chi connectivity index (χ2n) is 7.47. The molecule has 0 radical (unpaired) electrons. The van der Waals surface area contributed by atoms with Crippen LogP contribution >= 0.6 is 0 Å². The van der Waals surface area contributed by atoms with E-state index in [1.54, 1.807) is 11.0 Å². The number of nitrogens with zero attached hydrogens (tertiary/aromatic N) is 1. The first kappa shape index (κ1) is 21.4. The van der Waals surface area contributed by atoms with Crippen LogP contribution in [0, 0.1) is 0 Å². The van der Waals surface area contributed by atoms with Crippen molar-refractivity contribution >= 4 is 21.7 Å². The van der Waals surface area contributed by atoms with Gasteiger partial charge < -0.3 is 19.1 Å². The van der Waals surface area contributed by atoms with E-state index in [0.29, 0.717) is 17.9 Å². The van der Waals surface area contributed by atoms with Crippen LogP contribution in [0.5, 0.6) is 11.5 Å². The zero-order chi connectivity index (χ0) is 21.0. The van der Waals surface area contributed by atoms with E-state index in [-0.39, 0.29) is 35.1 Å². The van der Waals surface area contributed by atoms with Crippen LogP contribution in [0.2, 0.25) is 0 Å². The Morgan fingerprint density at radius 2 is 1.62 bits per heavy atom. The molecule has 1 aromatic rings. The van der Waals surface area contributed by atoms with Gasteiger partial charge in [-0.2, -0.15) is 0 Å². The van der Waals surface area contributed by atoms with Crippen LogP contribution in [0.3, 0.4) is 0 Å². The van der Waals surface area contributed by atoms with Gasteiger partial charge >= 0.3 is 5.97 Å². The number of methoxy groups -OCH3 is 2. The van der Waals surface area contributed by atoms with Crippen LogP contribution < -0.4 is 9.47 Å². The van der Waals surface area contributed by atoms with Gasteiger partial charge in [-0.25, -0.2) is 13.2 Å². The van der Waals surface area contributed by atoms with Crippen molar-refractivity contribution in [2.45, 2.75) is 44.2 Å². The Labute approximate surface area is 171 Å². The van der Waals surface area contributed by atoms with Crippen molar-refractivity contribution in [1.29, 1.82) is 0 Å². The molecule has 2 fully saturated rings. The highest BCUT2D eigenvalue weighted by Crippen LogP contribution is 2.29. The van der Waals surface area contributed by atoms with E-state index in [0.717, 1.165) is 25.7 Å². The first-order valence-electron chi connectivity index (χ1n) is 9.75. The highest BCUT2D eigenvalue weighted by molar-refractivity contribution is 7.91. The lowest BCUT2D eigenvalue weighted by Gasteiger charge is -2.33. The Morgan fingerprint density at radius 1 is 1.00 bits per heavy atom. The number of amides is 1. The van der Waals surface area contributed by atoms with Crippen molar-refractivity contribution in [3.05, 3.63) is 23.8 Å². The second-order valence-corrected chi connectivity index (χ2v) is 9.70. The predicted molar refractivity (Wildman–Crippen MR) is 106 cm³/mol. The van der Waals surface area contributed by atoms with E-state index >= 15 is 0 Å². The summed E-state index contributed by atoms with van der Waals surface area (Å²) in [6.45, 7) is -0.425. The fourth-order valence-corrected chi connectivity index (χ4v) is 5.80. The summed E-state index contributed by atoms with van der Waals surface area (Å²) >= 11 is 0. The van der Waals surface area contributed by atoms with Gasteiger partial charge in [-0.05, 0) is 31.4 Å². The molecule has 0 bridgehead atoms. The zero-order valence-electron chi connectivity index (χ0n) is 16.8. The summed E-state index contributed by atoms with van der Waals surface area (Å²) < 4.78 is 39.4. The van der Waals surface area contributed by atoms with Gasteiger partial charge in [-0.3, -0.25) is 4.79 Å². The molecule has 160 valence electrons. The number of ether oxygens (including phenoxy) is 3. The monoisotopic (exact) mass is 425 g/mol. The van der Waals surface area contributed by atoms with E-state index in [1.807, 2.05) is 0 Å². The molecule has 9 heteroatoms. The van der Waals surface area contributed by atoms with Crippen molar-refractivity contribution in [2.75, 3.05) is 32.3 Å². The third kappa shape index (κ3) is 5.20. The average molecular weight is 426 g/mol. The summed E-state index contributed by atoms with van der Waals surface area (Å²) in [5.74, 6) is -0.0608. The standard InChI is InChI=1S/C20H27NO7S/c1-26-17-9-14(10-18(11-17)27-2)20(23)28-12-19(22)21(15-5-3-4-6-15)16-7-8-29(24,25)13-16/h9-11,15-16H,3-8,12-13H2,1-2H3/t16-/m1/s1. The fourth-order valence-electron chi connectivity index (χ4n) is 4.09. The maximum atomic E-state index is 12.9. The lowest BCUT2D eigenvalue weighted by Crippen LogP contribution is -2.48. The topological polar surface area (TPSA) is 99.2 Å². The predicted octanol–water partition coefficient (Wildman–Crippen LogP) is 1.82. The number of rotatable bonds is 7. The molecule has 1 aliphatic heterocycles. The van der Waals surface area contributed by atoms with Crippen LogP contribution in [0.4, 0.5) is 0 Å². The maximum Gasteiger partial charge on any atom is 0.338 e. The maximum absolute atomic E-state index is 12.9. The van der Waals surface area contributed by atoms with Gasteiger partial charge in [-0.15, -0.1) is 0 Å². The third-order valence-corrected chi connectivity index (χ3v) is 7.27. The molecule has 1 saturated carbocycles. The van der Waals surface area contributed by atoms with Gasteiger partial charge in [-0.1, -0.05) is 12.8 Å². The number of benzene rings is 1. The highest BCUT2D eigenvalue weighted by atomic mass is 32.2. The molecule has 0 unspecified atom stereocenters. The number of hydrogen-bond donors (Lipinski definition) is 0. The summed E-state index contributed by atoms with van der Waals surface area (Å²) in [7, 11) is -0.173. The van der Waals surface area contributed by atoms with Crippen molar-refractivity contribution in [3.63, 3.8) is 0 Å². The molecule has 2 aliphatic rings. The van der Waals surface area contributed by atoms with Gasteiger partial charge in [0.25, 0.3) is 5.91 Å². The highest BCUT2D eigenvalue weighted by Gasteiger charge is 2.39. The summed E-state index contributed by atoms with van der Waals surface area (Å²) in [5, 5.41) is 0. The molecule has 0 aromatic heterocycles. The van der Waals surface area contributed by atoms with E-state index < -0.39 is 22.4 Å². The number of carbonyl (C=O) groups is 2. The Balaban J connectivity index is 1.69. The lowest BCUT2D eigenvalue weighted by molar-refractivity contribution is -0.139. The number of esters is 1. The van der Waals surface area contributed by atoms with Crippen molar-refractivity contribution in [2.24, 2.45) is 0 Å². The first-order valence-corrected chi connectivity index (χ1v) is 11.6. The minimum Gasteiger partial charge on any atom is -0.497 e. The smallest absolute Gasteiger partial charge is 0.338 e. The molecule has 1 heterocycles. The van der Waals surface area contributed by atoms with Crippen molar-refractivity contribution in [3.8, 4) is 11.5 Å². The molecule has 1 aromatic carbocycles. The minimum atomic E-state index is -3.12. The number of sulfone groups is 1. The molecule has 8 nitrogen and oxygen atoms in total. The second kappa shape index (κ2) is 9.02. The molecule has 3 rings (SSSR count). The summed E-state index contributed by atoms with van der Waals surface area (Å²) in [6, 6.07) is 4.31. The average Bonchev–Trinajstić information content (AvgIpc) is 3.35. The quantitative estimate of drug-likeness (QED) is 0.615. The van der Waals surface area contributed by atoms with Gasteiger partial charge in [0.2, 0.25) is 0 Å². The number of carbonyl (C=O) groups excluding carboxylic acids is 2. The Kier molecular flexibility index (Phi) is 6.66. The third-order valence-electron chi connectivity index (χ3n) is 5.52. The molecular formula is C20H27NO7S. The van der Waals surface area contributed by atoms with Gasteiger partial charge in [0.15, 0.2) is 16.4 Å². The van der Waals surface area contributed by atoms with E-state index in [9.17, 15) is 18.0 Å². The number of hydrogen-bond acceptors (Lipinski definition) is 7. The molecule has 0 N–H and O–H groups in total. The molecule has 1 saturated heterocycles. The fraction of sp³-hybridized carbons (Fsp3) is 0.600. The summed E-state index contributed by atoms with van der Waals surface area (Å²) in [6.07, 6.45) is 4.16. The molecule has 1 atom stereocenters. The van der Waals surface area contributed by atoms with Crippen LogP contribution in [0.25, 0.3) is 0 Å². The van der Waals surface area contributed by atoms with E-state index in [4.69, 9.17) is 14.2 Å². The van der Waals surface area contributed by atoms with E-state index in [1.165, 1.54) is 26.4 Å². The molecular weight excluding hydrogens is 398 g/mol. The van der Waals surface area contributed by atoms with Crippen LogP contribution in [-0.4, -0.2) is 69.6 Å².